The molecule has 2 rings (SSSR count). The van der Waals surface area contributed by atoms with Gasteiger partial charge in [-0.2, -0.15) is 0 Å². The van der Waals surface area contributed by atoms with Crippen LogP contribution >= 0.6 is 0 Å². The maximum atomic E-state index is 12.2. The van der Waals surface area contributed by atoms with Crippen LogP contribution in [0.3, 0.4) is 0 Å². The van der Waals surface area contributed by atoms with Gasteiger partial charge in [-0.3, -0.25) is 4.79 Å². The van der Waals surface area contributed by atoms with Crippen molar-refractivity contribution in [2.24, 2.45) is 5.73 Å². The maximum Gasteiger partial charge on any atom is 0.257 e. The van der Waals surface area contributed by atoms with Crippen LogP contribution in [0.4, 0.5) is 0 Å². The van der Waals surface area contributed by atoms with Gasteiger partial charge in [0.15, 0.2) is 0 Å². The van der Waals surface area contributed by atoms with Crippen molar-refractivity contribution < 1.29 is 13.9 Å². The number of nitrogens with zero attached hydrogens (tertiary/aromatic N) is 1. The summed E-state index contributed by atoms with van der Waals surface area (Å²) in [5, 5.41) is 0. The Hall–Kier alpha value is -1.33. The number of furan rings is 1. The lowest BCUT2D eigenvalue weighted by molar-refractivity contribution is -0.0764. The zero-order valence-electron chi connectivity index (χ0n) is 10.2. The molecule has 1 fully saturated rings. The lowest BCUT2D eigenvalue weighted by Gasteiger charge is -2.37. The number of morpholine rings is 1. The van der Waals surface area contributed by atoms with Crippen molar-refractivity contribution in [2.75, 3.05) is 19.7 Å². The van der Waals surface area contributed by atoms with Crippen molar-refractivity contribution >= 4 is 5.91 Å². The molecule has 2 N–H and O–H groups in total. The van der Waals surface area contributed by atoms with E-state index in [1.165, 1.54) is 6.26 Å². The number of amides is 1. The molecule has 1 aliphatic heterocycles. The second kappa shape index (κ2) is 4.50. The SMILES string of the molecule is CC1(C)CN(C(=O)c2coc(CN)c2)CCO1. The first kappa shape index (κ1) is 12.1. The molecule has 0 bridgehead atoms. The summed E-state index contributed by atoms with van der Waals surface area (Å²) in [5.41, 5.74) is 5.72. The van der Waals surface area contributed by atoms with Crippen LogP contribution in [-0.4, -0.2) is 36.1 Å². The number of hydrogen-bond donors (Lipinski definition) is 1. The van der Waals surface area contributed by atoms with Crippen molar-refractivity contribution in [3.05, 3.63) is 23.7 Å². The van der Waals surface area contributed by atoms with Gasteiger partial charge in [0, 0.05) is 13.1 Å². The Labute approximate surface area is 101 Å². The van der Waals surface area contributed by atoms with Gasteiger partial charge in [0.05, 0.1) is 24.3 Å². The predicted octanol–water partition coefficient (Wildman–Crippen LogP) is 0.989. The summed E-state index contributed by atoms with van der Waals surface area (Å²) in [6.45, 7) is 6.04. The summed E-state index contributed by atoms with van der Waals surface area (Å²) in [4.78, 5) is 14.0. The molecule has 1 aliphatic rings. The van der Waals surface area contributed by atoms with E-state index in [1.807, 2.05) is 13.8 Å². The van der Waals surface area contributed by atoms with E-state index in [9.17, 15) is 4.79 Å². The summed E-state index contributed by atoms with van der Waals surface area (Å²) >= 11 is 0. The minimum Gasteiger partial charge on any atom is -0.467 e. The Morgan fingerprint density at radius 3 is 2.94 bits per heavy atom. The molecule has 0 aliphatic carbocycles. The molecular formula is C12H18N2O3. The van der Waals surface area contributed by atoms with E-state index in [2.05, 4.69) is 0 Å². The molecule has 0 atom stereocenters. The van der Waals surface area contributed by atoms with Crippen molar-refractivity contribution in [3.63, 3.8) is 0 Å². The molecule has 0 aromatic carbocycles. The van der Waals surface area contributed by atoms with E-state index >= 15 is 0 Å². The van der Waals surface area contributed by atoms with E-state index in [1.54, 1.807) is 11.0 Å². The van der Waals surface area contributed by atoms with Gasteiger partial charge in [-0.25, -0.2) is 0 Å². The van der Waals surface area contributed by atoms with Crippen LogP contribution in [0, 0.1) is 0 Å². The van der Waals surface area contributed by atoms with Crippen LogP contribution in [-0.2, 0) is 11.3 Å². The third-order valence-corrected chi connectivity index (χ3v) is 2.81. The molecule has 17 heavy (non-hydrogen) atoms. The summed E-state index contributed by atoms with van der Waals surface area (Å²) in [6.07, 6.45) is 1.47. The third-order valence-electron chi connectivity index (χ3n) is 2.81. The number of nitrogens with two attached hydrogens (primary N) is 1. The molecule has 0 spiro atoms. The van der Waals surface area contributed by atoms with Gasteiger partial charge in [-0.1, -0.05) is 0 Å². The first-order valence-electron chi connectivity index (χ1n) is 5.72. The quantitative estimate of drug-likeness (QED) is 0.834. The second-order valence-electron chi connectivity index (χ2n) is 4.84. The van der Waals surface area contributed by atoms with Crippen molar-refractivity contribution in [2.45, 2.75) is 26.0 Å². The van der Waals surface area contributed by atoms with Crippen LogP contribution in [0.5, 0.6) is 0 Å². The zero-order valence-corrected chi connectivity index (χ0v) is 10.2. The molecule has 0 radical (unpaired) electrons. The minimum atomic E-state index is -0.283. The Bertz CT molecular complexity index is 412. The topological polar surface area (TPSA) is 68.7 Å². The minimum absolute atomic E-state index is 0.0233. The van der Waals surface area contributed by atoms with Crippen LogP contribution in [0.2, 0.25) is 0 Å². The van der Waals surface area contributed by atoms with E-state index in [4.69, 9.17) is 14.9 Å². The molecule has 0 unspecified atom stereocenters. The van der Waals surface area contributed by atoms with E-state index in [0.717, 1.165) is 0 Å². The molecule has 1 aromatic heterocycles. The van der Waals surface area contributed by atoms with Gasteiger partial charge in [0.25, 0.3) is 5.91 Å². The second-order valence-corrected chi connectivity index (χ2v) is 4.84. The molecule has 0 saturated carbocycles. The van der Waals surface area contributed by atoms with Crippen LogP contribution in [0.15, 0.2) is 16.7 Å². The number of rotatable bonds is 2. The number of hydrogen-bond acceptors (Lipinski definition) is 4. The molecule has 94 valence electrons. The van der Waals surface area contributed by atoms with E-state index in [-0.39, 0.29) is 11.5 Å². The van der Waals surface area contributed by atoms with E-state index in [0.29, 0.717) is 37.6 Å². The van der Waals surface area contributed by atoms with Gasteiger partial charge in [0.2, 0.25) is 0 Å². The van der Waals surface area contributed by atoms with Crippen LogP contribution < -0.4 is 5.73 Å². The Morgan fingerprint density at radius 1 is 1.59 bits per heavy atom. The fourth-order valence-corrected chi connectivity index (χ4v) is 1.97. The summed E-state index contributed by atoms with van der Waals surface area (Å²) in [7, 11) is 0. The van der Waals surface area contributed by atoms with Crippen molar-refractivity contribution in [3.8, 4) is 0 Å². The fraction of sp³-hybridized carbons (Fsp3) is 0.583. The van der Waals surface area contributed by atoms with Crippen molar-refractivity contribution in [1.82, 2.24) is 4.90 Å². The lowest BCUT2D eigenvalue weighted by Crippen LogP contribution is -2.50. The fourth-order valence-electron chi connectivity index (χ4n) is 1.97. The van der Waals surface area contributed by atoms with Crippen LogP contribution in [0.25, 0.3) is 0 Å². The third kappa shape index (κ3) is 2.68. The number of ether oxygens (including phenoxy) is 1. The number of carbonyl (C=O) groups excluding carboxylic acids is 1. The van der Waals surface area contributed by atoms with E-state index < -0.39 is 0 Å². The lowest BCUT2D eigenvalue weighted by atomic mass is 10.1. The van der Waals surface area contributed by atoms with Gasteiger partial charge in [-0.15, -0.1) is 0 Å². The summed E-state index contributed by atoms with van der Waals surface area (Å²) < 4.78 is 10.7. The molecule has 1 aromatic rings. The maximum absolute atomic E-state index is 12.2. The Balaban J connectivity index is 2.09. The van der Waals surface area contributed by atoms with Gasteiger partial charge < -0.3 is 19.8 Å². The molecule has 1 saturated heterocycles. The predicted molar refractivity (Wildman–Crippen MR) is 62.5 cm³/mol. The summed E-state index contributed by atoms with van der Waals surface area (Å²) in [5.74, 6) is 0.602. The first-order valence-corrected chi connectivity index (χ1v) is 5.72. The molecule has 1 amide bonds. The highest BCUT2D eigenvalue weighted by Crippen LogP contribution is 2.19. The van der Waals surface area contributed by atoms with Crippen LogP contribution in [0.1, 0.15) is 30.0 Å². The smallest absolute Gasteiger partial charge is 0.257 e. The number of carbonyl (C=O) groups is 1. The highest BCUT2D eigenvalue weighted by Gasteiger charge is 2.30. The van der Waals surface area contributed by atoms with Crippen molar-refractivity contribution in [1.29, 1.82) is 0 Å². The highest BCUT2D eigenvalue weighted by molar-refractivity contribution is 5.94. The molecule has 5 nitrogen and oxygen atoms in total. The Kier molecular flexibility index (Phi) is 3.22. The van der Waals surface area contributed by atoms with Gasteiger partial charge in [0.1, 0.15) is 12.0 Å². The zero-order chi connectivity index (χ0) is 12.5. The Morgan fingerprint density at radius 2 is 2.35 bits per heavy atom. The molecular weight excluding hydrogens is 220 g/mol. The molecule has 2 heterocycles. The standard InChI is InChI=1S/C12H18N2O3/c1-12(2)8-14(3-4-17-12)11(15)9-5-10(6-13)16-7-9/h5,7H,3-4,6,8,13H2,1-2H3. The van der Waals surface area contributed by atoms with Gasteiger partial charge in [-0.05, 0) is 19.9 Å². The first-order chi connectivity index (χ1) is 8.02. The average Bonchev–Trinajstić information content (AvgIpc) is 2.75. The van der Waals surface area contributed by atoms with Gasteiger partial charge >= 0.3 is 0 Å². The largest absolute Gasteiger partial charge is 0.467 e. The normalized spacial score (nSPS) is 19.4. The molecule has 5 heteroatoms. The average molecular weight is 238 g/mol. The summed E-state index contributed by atoms with van der Waals surface area (Å²) in [6, 6.07) is 1.70. The monoisotopic (exact) mass is 238 g/mol. The highest BCUT2D eigenvalue weighted by atomic mass is 16.5.